The van der Waals surface area contributed by atoms with Gasteiger partial charge < -0.3 is 15.3 Å². The zero-order chi connectivity index (χ0) is 12.3. The highest BCUT2D eigenvalue weighted by atomic mass is 79.9. The molecule has 1 atom stereocenters. The lowest BCUT2D eigenvalue weighted by Crippen LogP contribution is -2.33. The van der Waals surface area contributed by atoms with Gasteiger partial charge in [-0.1, -0.05) is 6.92 Å². The molecule has 94 valence electrons. The summed E-state index contributed by atoms with van der Waals surface area (Å²) in [6.45, 7) is 5.13. The first-order chi connectivity index (χ1) is 8.20. The number of aliphatic hydroxyl groups is 1. The van der Waals surface area contributed by atoms with Crippen LogP contribution in [-0.4, -0.2) is 42.4 Å². The molecule has 0 bridgehead atoms. The molecule has 1 aromatic rings. The summed E-state index contributed by atoms with van der Waals surface area (Å²) in [6, 6.07) is 4.06. The van der Waals surface area contributed by atoms with Crippen LogP contribution < -0.4 is 10.2 Å². The van der Waals surface area contributed by atoms with Crippen molar-refractivity contribution in [1.29, 1.82) is 0 Å². The Bertz CT molecular complexity index is 386. The highest BCUT2D eigenvalue weighted by molar-refractivity contribution is 9.10. The monoisotopic (exact) mass is 299 g/mol. The van der Waals surface area contributed by atoms with Crippen LogP contribution in [0.2, 0.25) is 0 Å². The first kappa shape index (κ1) is 12.8. The highest BCUT2D eigenvalue weighted by Crippen LogP contribution is 2.24. The molecule has 4 nitrogen and oxygen atoms in total. The van der Waals surface area contributed by atoms with Crippen LogP contribution in [0.25, 0.3) is 0 Å². The average Bonchev–Trinajstić information content (AvgIpc) is 2.54. The van der Waals surface area contributed by atoms with E-state index in [9.17, 15) is 5.11 Å². The van der Waals surface area contributed by atoms with Crippen LogP contribution in [0.4, 0.5) is 5.82 Å². The number of hydrogen-bond donors (Lipinski definition) is 2. The molecule has 1 aliphatic rings. The quantitative estimate of drug-likeness (QED) is 0.861. The SMILES string of the molecule is CCc1ccc(Br)c(N2CCNCC(O)C2)n1. The number of hydrogen-bond acceptors (Lipinski definition) is 4. The van der Waals surface area contributed by atoms with Crippen molar-refractivity contribution in [2.75, 3.05) is 31.1 Å². The summed E-state index contributed by atoms with van der Waals surface area (Å²) in [5.74, 6) is 0.937. The van der Waals surface area contributed by atoms with Gasteiger partial charge in [0.2, 0.25) is 0 Å². The zero-order valence-electron chi connectivity index (χ0n) is 9.99. The van der Waals surface area contributed by atoms with Gasteiger partial charge in [-0.3, -0.25) is 0 Å². The summed E-state index contributed by atoms with van der Waals surface area (Å²) in [5, 5.41) is 13.0. The van der Waals surface area contributed by atoms with Crippen LogP contribution in [0, 0.1) is 0 Å². The minimum absolute atomic E-state index is 0.337. The van der Waals surface area contributed by atoms with Crippen molar-refractivity contribution in [1.82, 2.24) is 10.3 Å². The second kappa shape index (κ2) is 5.80. The third-order valence-corrected chi connectivity index (χ3v) is 3.54. The number of nitrogens with one attached hydrogen (secondary N) is 1. The van der Waals surface area contributed by atoms with Crippen LogP contribution in [-0.2, 0) is 6.42 Å². The fourth-order valence-corrected chi connectivity index (χ4v) is 2.45. The van der Waals surface area contributed by atoms with E-state index in [4.69, 9.17) is 0 Å². The van der Waals surface area contributed by atoms with E-state index in [-0.39, 0.29) is 6.10 Å². The predicted molar refractivity (Wildman–Crippen MR) is 72.4 cm³/mol. The number of β-amino-alcohol motifs (C(OH)–C–C–N with tert-alkyl or cyclic N) is 1. The van der Waals surface area contributed by atoms with E-state index in [1.807, 2.05) is 12.1 Å². The maximum atomic E-state index is 9.79. The summed E-state index contributed by atoms with van der Waals surface area (Å²) in [4.78, 5) is 6.76. The molecular formula is C12H18BrN3O. The molecular weight excluding hydrogens is 282 g/mol. The second-order valence-electron chi connectivity index (χ2n) is 4.27. The van der Waals surface area contributed by atoms with Crippen molar-refractivity contribution in [2.45, 2.75) is 19.4 Å². The normalized spacial score (nSPS) is 21.4. The van der Waals surface area contributed by atoms with Crippen LogP contribution in [0.3, 0.4) is 0 Å². The van der Waals surface area contributed by atoms with Crippen LogP contribution in [0.5, 0.6) is 0 Å². The van der Waals surface area contributed by atoms with Gasteiger partial charge in [-0.2, -0.15) is 0 Å². The molecule has 1 saturated heterocycles. The Morgan fingerprint density at radius 3 is 3.18 bits per heavy atom. The van der Waals surface area contributed by atoms with E-state index in [1.54, 1.807) is 0 Å². The number of nitrogens with zero attached hydrogens (tertiary/aromatic N) is 2. The number of aromatic nitrogens is 1. The maximum Gasteiger partial charge on any atom is 0.143 e. The number of aliphatic hydroxyl groups excluding tert-OH is 1. The molecule has 1 aromatic heterocycles. The van der Waals surface area contributed by atoms with Gasteiger partial charge in [0.15, 0.2) is 0 Å². The van der Waals surface area contributed by atoms with Gasteiger partial charge >= 0.3 is 0 Å². The van der Waals surface area contributed by atoms with E-state index in [2.05, 4.69) is 38.1 Å². The Labute approximate surface area is 110 Å². The summed E-state index contributed by atoms with van der Waals surface area (Å²) in [6.07, 6.45) is 0.589. The molecule has 0 radical (unpaired) electrons. The molecule has 5 heteroatoms. The Balaban J connectivity index is 2.24. The second-order valence-corrected chi connectivity index (χ2v) is 5.12. The minimum atomic E-state index is -0.337. The molecule has 0 amide bonds. The number of pyridine rings is 1. The third-order valence-electron chi connectivity index (χ3n) is 2.92. The molecule has 1 aliphatic heterocycles. The highest BCUT2D eigenvalue weighted by Gasteiger charge is 2.18. The van der Waals surface area contributed by atoms with Crippen molar-refractivity contribution < 1.29 is 5.11 Å². The van der Waals surface area contributed by atoms with Gasteiger partial charge in [0.1, 0.15) is 5.82 Å². The van der Waals surface area contributed by atoms with E-state index in [0.717, 1.165) is 35.5 Å². The number of halogens is 1. The van der Waals surface area contributed by atoms with Crippen molar-refractivity contribution in [3.8, 4) is 0 Å². The van der Waals surface area contributed by atoms with Crippen molar-refractivity contribution in [3.05, 3.63) is 22.3 Å². The average molecular weight is 300 g/mol. The lowest BCUT2D eigenvalue weighted by Gasteiger charge is -2.24. The van der Waals surface area contributed by atoms with Gasteiger partial charge in [-0.05, 0) is 34.5 Å². The predicted octanol–water partition coefficient (Wildman–Crippen LogP) is 1.18. The Morgan fingerprint density at radius 2 is 2.41 bits per heavy atom. The number of rotatable bonds is 2. The first-order valence-electron chi connectivity index (χ1n) is 6.00. The molecule has 0 saturated carbocycles. The Kier molecular flexibility index (Phi) is 4.36. The zero-order valence-corrected chi connectivity index (χ0v) is 11.6. The largest absolute Gasteiger partial charge is 0.390 e. The molecule has 1 unspecified atom stereocenters. The molecule has 0 aliphatic carbocycles. The van der Waals surface area contributed by atoms with E-state index in [0.29, 0.717) is 13.1 Å². The van der Waals surface area contributed by atoms with Gasteiger partial charge in [-0.25, -0.2) is 4.98 Å². The maximum absolute atomic E-state index is 9.79. The molecule has 2 heterocycles. The molecule has 17 heavy (non-hydrogen) atoms. The summed E-state index contributed by atoms with van der Waals surface area (Å²) in [5.41, 5.74) is 1.08. The van der Waals surface area contributed by atoms with E-state index >= 15 is 0 Å². The Morgan fingerprint density at radius 1 is 1.59 bits per heavy atom. The fourth-order valence-electron chi connectivity index (χ4n) is 1.97. The molecule has 0 spiro atoms. The van der Waals surface area contributed by atoms with E-state index < -0.39 is 0 Å². The topological polar surface area (TPSA) is 48.4 Å². The lowest BCUT2D eigenvalue weighted by molar-refractivity contribution is 0.184. The summed E-state index contributed by atoms with van der Waals surface area (Å²) >= 11 is 3.53. The molecule has 1 fully saturated rings. The van der Waals surface area contributed by atoms with Crippen LogP contribution in [0.1, 0.15) is 12.6 Å². The molecule has 2 N–H and O–H groups in total. The summed E-state index contributed by atoms with van der Waals surface area (Å²) < 4.78 is 0.990. The van der Waals surface area contributed by atoms with E-state index in [1.165, 1.54) is 0 Å². The van der Waals surface area contributed by atoms with Gasteiger partial charge in [0.25, 0.3) is 0 Å². The van der Waals surface area contributed by atoms with Crippen molar-refractivity contribution in [3.63, 3.8) is 0 Å². The minimum Gasteiger partial charge on any atom is -0.390 e. The van der Waals surface area contributed by atoms with Gasteiger partial charge in [0.05, 0.1) is 10.6 Å². The smallest absolute Gasteiger partial charge is 0.143 e. The first-order valence-corrected chi connectivity index (χ1v) is 6.79. The number of aryl methyl sites for hydroxylation is 1. The van der Waals surface area contributed by atoms with Crippen LogP contribution in [0.15, 0.2) is 16.6 Å². The number of anilines is 1. The lowest BCUT2D eigenvalue weighted by atomic mass is 10.2. The standard InChI is InChI=1S/C12H18BrN3O/c1-2-9-3-4-11(13)12(15-9)16-6-5-14-7-10(17)8-16/h3-4,10,14,17H,2,5-8H2,1H3. The Hall–Kier alpha value is -0.650. The van der Waals surface area contributed by atoms with Crippen molar-refractivity contribution in [2.24, 2.45) is 0 Å². The molecule has 2 rings (SSSR count). The van der Waals surface area contributed by atoms with Crippen LogP contribution >= 0.6 is 15.9 Å². The van der Waals surface area contributed by atoms with Gasteiger partial charge in [-0.15, -0.1) is 0 Å². The molecule has 0 aromatic carbocycles. The van der Waals surface area contributed by atoms with Crippen molar-refractivity contribution >= 4 is 21.7 Å². The van der Waals surface area contributed by atoms with Gasteiger partial charge in [0, 0.05) is 31.9 Å². The third kappa shape index (κ3) is 3.18. The fraction of sp³-hybridized carbons (Fsp3) is 0.583. The summed E-state index contributed by atoms with van der Waals surface area (Å²) in [7, 11) is 0.